The van der Waals surface area contributed by atoms with E-state index in [-0.39, 0.29) is 17.8 Å². The molecule has 0 aliphatic carbocycles. The highest BCUT2D eigenvalue weighted by Crippen LogP contribution is 1.97. The summed E-state index contributed by atoms with van der Waals surface area (Å²) in [5.41, 5.74) is 10.6. The summed E-state index contributed by atoms with van der Waals surface area (Å²) in [4.78, 5) is 82.3. The summed E-state index contributed by atoms with van der Waals surface area (Å²) >= 11 is 0. The molecule has 18 heteroatoms. The Morgan fingerprint density at radius 1 is 0.407 bits per heavy atom. The van der Waals surface area contributed by atoms with Crippen LogP contribution >= 0.6 is 0 Å². The van der Waals surface area contributed by atoms with E-state index in [9.17, 15) is 28.8 Å². The Bertz CT molecular complexity index is 961. The Labute approximate surface area is 144 Å². The van der Waals surface area contributed by atoms with Crippen LogP contribution in [0.3, 0.4) is 0 Å². The second-order valence-electron chi connectivity index (χ2n) is 4.13. The summed E-state index contributed by atoms with van der Waals surface area (Å²) in [6, 6.07) is 0. The number of H-pyrrole nitrogens is 6. The van der Waals surface area contributed by atoms with E-state index < -0.39 is 34.1 Å². The third-order valence-electron chi connectivity index (χ3n) is 2.05. The van der Waals surface area contributed by atoms with E-state index in [1.165, 1.54) is 0 Å². The summed E-state index contributed by atoms with van der Waals surface area (Å²) in [5.74, 6) is 0.125. The highest BCUT2D eigenvalue weighted by Gasteiger charge is 1.93. The van der Waals surface area contributed by atoms with Crippen molar-refractivity contribution in [3.63, 3.8) is 0 Å². The van der Waals surface area contributed by atoms with E-state index in [4.69, 9.17) is 17.2 Å². The average molecular weight is 384 g/mol. The number of rotatable bonds is 0. The average Bonchev–Trinajstić information content (AvgIpc) is 2.43. The highest BCUT2D eigenvalue weighted by atomic mass is 16.2. The quantitative estimate of drug-likeness (QED) is 0.175. The fraction of sp³-hybridized carbons (Fsp3) is 0. The van der Waals surface area contributed by atoms with Crippen LogP contribution in [0.5, 0.6) is 0 Å². The molecule has 0 saturated carbocycles. The van der Waals surface area contributed by atoms with Crippen LogP contribution < -0.4 is 51.3 Å². The van der Waals surface area contributed by atoms with Gasteiger partial charge in [-0.1, -0.05) is 0 Å². The molecule has 3 rings (SSSR count). The van der Waals surface area contributed by atoms with Gasteiger partial charge >= 0.3 is 34.1 Å². The first-order valence-electron chi connectivity index (χ1n) is 6.43. The monoisotopic (exact) mass is 384 g/mol. The largest absolute Gasteiger partial charge is 0.368 e. The number of nitrogen functional groups attached to an aromatic ring is 3. The number of anilines is 3. The van der Waals surface area contributed by atoms with Gasteiger partial charge in [0.15, 0.2) is 0 Å². The molecule has 0 unspecified atom stereocenters. The summed E-state index contributed by atoms with van der Waals surface area (Å²) in [7, 11) is 0. The minimum atomic E-state index is -0.802. The molecule has 27 heavy (non-hydrogen) atoms. The lowest BCUT2D eigenvalue weighted by Gasteiger charge is -1.93. The van der Waals surface area contributed by atoms with Gasteiger partial charge in [-0.2, -0.15) is 15.0 Å². The van der Waals surface area contributed by atoms with Gasteiger partial charge in [0.25, 0.3) is 0 Å². The van der Waals surface area contributed by atoms with Gasteiger partial charge < -0.3 is 17.2 Å². The molecule has 0 amide bonds. The normalized spacial score (nSPS) is 9.33. The van der Waals surface area contributed by atoms with Crippen LogP contribution in [0.2, 0.25) is 0 Å². The van der Waals surface area contributed by atoms with Crippen LogP contribution in [0.4, 0.5) is 17.8 Å². The Morgan fingerprint density at radius 2 is 0.556 bits per heavy atom. The molecule has 144 valence electrons. The standard InChI is InChI=1S/C3H6N6.2C3H3N3O3/c4-1-7-2(5)9-3(6)8-1;2*7-1-4-2(8)6-3(9)5-1/h(H6,4,5,6,7,8,9);2*(H3,4,5,6,7,8,9). The maximum Gasteiger partial charge on any atom is 0.330 e. The van der Waals surface area contributed by atoms with Crippen molar-refractivity contribution in [3.05, 3.63) is 62.9 Å². The summed E-state index contributed by atoms with van der Waals surface area (Å²) in [6.45, 7) is 0. The topological polar surface area (TPSA) is 314 Å². The summed E-state index contributed by atoms with van der Waals surface area (Å²) in [5, 5.41) is 0. The van der Waals surface area contributed by atoms with Gasteiger partial charge in [-0.15, -0.1) is 0 Å². The minimum absolute atomic E-state index is 0.0417. The Morgan fingerprint density at radius 3 is 0.704 bits per heavy atom. The van der Waals surface area contributed by atoms with Crippen molar-refractivity contribution >= 4 is 17.8 Å². The van der Waals surface area contributed by atoms with Crippen molar-refractivity contribution in [2.24, 2.45) is 0 Å². The fourth-order valence-corrected chi connectivity index (χ4v) is 1.23. The molecule has 0 radical (unpaired) electrons. The number of nitrogens with one attached hydrogen (secondary N) is 6. The van der Waals surface area contributed by atoms with Crippen molar-refractivity contribution in [2.75, 3.05) is 17.2 Å². The van der Waals surface area contributed by atoms with E-state index in [0.29, 0.717) is 0 Å². The molecular formula is C9H12N12O6. The fourth-order valence-electron chi connectivity index (χ4n) is 1.23. The van der Waals surface area contributed by atoms with Crippen LogP contribution in [0.25, 0.3) is 0 Å². The van der Waals surface area contributed by atoms with Crippen molar-refractivity contribution in [1.82, 2.24) is 44.9 Å². The minimum Gasteiger partial charge on any atom is -0.368 e. The summed E-state index contributed by atoms with van der Waals surface area (Å²) in [6.07, 6.45) is 0. The molecule has 3 aromatic heterocycles. The lowest BCUT2D eigenvalue weighted by molar-refractivity contribution is 0.887. The third kappa shape index (κ3) is 8.05. The van der Waals surface area contributed by atoms with Crippen LogP contribution in [0.1, 0.15) is 0 Å². The van der Waals surface area contributed by atoms with Crippen molar-refractivity contribution < 1.29 is 0 Å². The molecule has 0 fully saturated rings. The number of aromatic nitrogens is 9. The van der Waals surface area contributed by atoms with Crippen LogP contribution in [-0.2, 0) is 0 Å². The van der Waals surface area contributed by atoms with Gasteiger partial charge in [-0.3, -0.25) is 29.9 Å². The molecule has 18 nitrogen and oxygen atoms in total. The maximum atomic E-state index is 10.2. The lowest BCUT2D eigenvalue weighted by atomic mass is 10.9. The number of hydrogen-bond donors (Lipinski definition) is 9. The van der Waals surface area contributed by atoms with E-state index in [1.807, 2.05) is 0 Å². The molecule has 0 aliphatic rings. The van der Waals surface area contributed by atoms with E-state index >= 15 is 0 Å². The predicted molar refractivity (Wildman–Crippen MR) is 89.7 cm³/mol. The van der Waals surface area contributed by atoms with Crippen LogP contribution in [-0.4, -0.2) is 44.9 Å². The van der Waals surface area contributed by atoms with Gasteiger partial charge in [0.05, 0.1) is 0 Å². The van der Waals surface area contributed by atoms with Gasteiger partial charge in [-0.25, -0.2) is 28.8 Å². The van der Waals surface area contributed by atoms with Crippen LogP contribution in [0.15, 0.2) is 28.8 Å². The van der Waals surface area contributed by atoms with Gasteiger partial charge in [-0.05, 0) is 0 Å². The van der Waals surface area contributed by atoms with Crippen LogP contribution in [0, 0.1) is 0 Å². The molecular weight excluding hydrogens is 372 g/mol. The first-order valence-corrected chi connectivity index (χ1v) is 6.43. The van der Waals surface area contributed by atoms with Crippen molar-refractivity contribution in [2.45, 2.75) is 0 Å². The zero-order valence-electron chi connectivity index (χ0n) is 13.0. The lowest BCUT2D eigenvalue weighted by Crippen LogP contribution is -2.34. The van der Waals surface area contributed by atoms with E-state index in [0.717, 1.165) is 0 Å². The van der Waals surface area contributed by atoms with Gasteiger partial charge in [0.1, 0.15) is 0 Å². The molecule has 0 aliphatic heterocycles. The van der Waals surface area contributed by atoms with Gasteiger partial charge in [0.2, 0.25) is 17.8 Å². The molecule has 0 atom stereocenters. The van der Waals surface area contributed by atoms with Gasteiger partial charge in [0, 0.05) is 0 Å². The predicted octanol–water partition coefficient (Wildman–Crippen LogP) is -5.88. The SMILES string of the molecule is Nc1nc(N)nc(N)n1.O=c1[nH]c(=O)[nH]c(=O)[nH]1.O=c1[nH]c(=O)[nH]c(=O)[nH]1. The third-order valence-corrected chi connectivity index (χ3v) is 2.05. The zero-order chi connectivity index (χ0) is 20.6. The second kappa shape index (κ2) is 8.91. The smallest absolute Gasteiger partial charge is 0.330 e. The van der Waals surface area contributed by atoms with E-state index in [1.54, 1.807) is 29.9 Å². The number of nitrogens with two attached hydrogens (primary N) is 3. The molecule has 12 N–H and O–H groups in total. The second-order valence-corrected chi connectivity index (χ2v) is 4.13. The van der Waals surface area contributed by atoms with Crippen molar-refractivity contribution in [3.8, 4) is 0 Å². The number of aromatic amines is 6. The molecule has 0 spiro atoms. The molecule has 0 aromatic carbocycles. The Balaban J connectivity index is 0.000000202. The first kappa shape index (κ1) is 20.3. The molecule has 3 heterocycles. The van der Waals surface area contributed by atoms with E-state index in [2.05, 4.69) is 15.0 Å². The zero-order valence-corrected chi connectivity index (χ0v) is 13.0. The molecule has 0 bridgehead atoms. The number of hydrogen-bond acceptors (Lipinski definition) is 12. The highest BCUT2D eigenvalue weighted by molar-refractivity contribution is 5.33. The first-order chi connectivity index (χ1) is 12.5. The Hall–Kier alpha value is -4.77. The Kier molecular flexibility index (Phi) is 6.69. The number of nitrogens with zero attached hydrogens (tertiary/aromatic N) is 3. The summed E-state index contributed by atoms with van der Waals surface area (Å²) < 4.78 is 0. The van der Waals surface area contributed by atoms with Crippen molar-refractivity contribution in [1.29, 1.82) is 0 Å². The maximum absolute atomic E-state index is 10.2. The molecule has 0 saturated heterocycles. The molecule has 3 aromatic rings.